The molecule has 1 amide bonds. The van der Waals surface area contributed by atoms with Crippen molar-refractivity contribution in [3.63, 3.8) is 0 Å². The Hall–Kier alpha value is -3.59. The van der Waals surface area contributed by atoms with E-state index in [1.807, 2.05) is 45.8 Å². The van der Waals surface area contributed by atoms with Gasteiger partial charge in [0.15, 0.2) is 5.58 Å². The number of amides is 1. The summed E-state index contributed by atoms with van der Waals surface area (Å²) in [5.74, 6) is -0.368. The van der Waals surface area contributed by atoms with Crippen LogP contribution in [0.4, 0.5) is 5.69 Å². The summed E-state index contributed by atoms with van der Waals surface area (Å²) < 4.78 is 7.25. The van der Waals surface area contributed by atoms with E-state index in [1.54, 1.807) is 6.92 Å². The van der Waals surface area contributed by atoms with Gasteiger partial charge in [-0.1, -0.05) is 6.07 Å². The summed E-state index contributed by atoms with van der Waals surface area (Å²) >= 11 is 0. The molecule has 0 radical (unpaired) electrons. The molecule has 3 N–H and O–H groups in total. The second-order valence-corrected chi connectivity index (χ2v) is 7.61. The predicted molar refractivity (Wildman–Crippen MR) is 113 cm³/mol. The van der Waals surface area contributed by atoms with E-state index in [1.165, 1.54) is 0 Å². The van der Waals surface area contributed by atoms with Crippen molar-refractivity contribution in [1.82, 2.24) is 24.2 Å². The van der Waals surface area contributed by atoms with Crippen LogP contribution in [0.5, 0.6) is 0 Å². The molecule has 9 heteroatoms. The molecule has 1 saturated heterocycles. The molecule has 1 aromatic carbocycles. The standard InChI is InChI=1S/C21H22N6O3/c1-13(28)26-8-6-25(7-9-26)12-17-20(24-19-5-3-15(22)11-27(17)19)14-2-4-16-18(10-14)30-21(29)23-16/h2-5,10-11H,6-9,12,22H2,1H3,(H,23,29). The van der Waals surface area contributed by atoms with Crippen LogP contribution in [0, 0.1) is 0 Å². The average Bonchev–Trinajstić information content (AvgIpc) is 3.27. The Kier molecular flexibility index (Phi) is 4.32. The first-order chi connectivity index (χ1) is 14.5. The Morgan fingerprint density at radius 3 is 2.77 bits per heavy atom. The zero-order chi connectivity index (χ0) is 20.8. The Labute approximate surface area is 171 Å². The molecule has 4 heterocycles. The molecule has 0 atom stereocenters. The molecular formula is C21H22N6O3. The van der Waals surface area contributed by atoms with Gasteiger partial charge < -0.3 is 19.5 Å². The number of nitrogens with one attached hydrogen (secondary N) is 1. The number of piperazine rings is 1. The molecule has 0 saturated carbocycles. The van der Waals surface area contributed by atoms with Gasteiger partial charge in [0.1, 0.15) is 5.65 Å². The van der Waals surface area contributed by atoms with E-state index in [0.29, 0.717) is 36.4 Å². The number of benzene rings is 1. The number of nitrogens with zero attached hydrogens (tertiary/aromatic N) is 4. The number of aromatic amines is 1. The quantitative estimate of drug-likeness (QED) is 0.535. The van der Waals surface area contributed by atoms with Gasteiger partial charge in [0.2, 0.25) is 5.91 Å². The third kappa shape index (κ3) is 3.22. The van der Waals surface area contributed by atoms with Crippen LogP contribution in [0.1, 0.15) is 12.6 Å². The number of carbonyl (C=O) groups is 1. The maximum absolute atomic E-state index is 11.6. The number of aromatic nitrogens is 3. The average molecular weight is 406 g/mol. The van der Waals surface area contributed by atoms with Crippen LogP contribution in [-0.4, -0.2) is 56.3 Å². The molecule has 0 spiro atoms. The molecule has 1 fully saturated rings. The summed E-state index contributed by atoms with van der Waals surface area (Å²) in [5.41, 5.74) is 11.3. The van der Waals surface area contributed by atoms with Gasteiger partial charge in [-0.2, -0.15) is 0 Å². The first-order valence-electron chi connectivity index (χ1n) is 9.85. The number of carbonyl (C=O) groups excluding carboxylic acids is 1. The van der Waals surface area contributed by atoms with Crippen LogP contribution in [-0.2, 0) is 11.3 Å². The molecule has 5 rings (SSSR count). The van der Waals surface area contributed by atoms with Crippen molar-refractivity contribution < 1.29 is 9.21 Å². The number of H-pyrrole nitrogens is 1. The van der Waals surface area contributed by atoms with Crippen LogP contribution in [0.2, 0.25) is 0 Å². The van der Waals surface area contributed by atoms with Crippen molar-refractivity contribution in [3.8, 4) is 11.3 Å². The van der Waals surface area contributed by atoms with Crippen LogP contribution < -0.4 is 11.5 Å². The van der Waals surface area contributed by atoms with Crippen molar-refractivity contribution in [1.29, 1.82) is 0 Å². The lowest BCUT2D eigenvalue weighted by Gasteiger charge is -2.34. The van der Waals surface area contributed by atoms with Crippen molar-refractivity contribution in [2.45, 2.75) is 13.5 Å². The molecule has 0 unspecified atom stereocenters. The molecule has 3 aromatic heterocycles. The van der Waals surface area contributed by atoms with Gasteiger partial charge in [0.25, 0.3) is 0 Å². The smallest absolute Gasteiger partial charge is 0.408 e. The van der Waals surface area contributed by atoms with Crippen LogP contribution in [0.25, 0.3) is 28.0 Å². The van der Waals surface area contributed by atoms with Gasteiger partial charge in [0, 0.05) is 57.1 Å². The highest BCUT2D eigenvalue weighted by molar-refractivity contribution is 5.80. The third-order valence-electron chi connectivity index (χ3n) is 5.63. The van der Waals surface area contributed by atoms with E-state index in [2.05, 4.69) is 9.88 Å². The summed E-state index contributed by atoms with van der Waals surface area (Å²) in [6.45, 7) is 5.28. The number of hydrogen-bond acceptors (Lipinski definition) is 6. The summed E-state index contributed by atoms with van der Waals surface area (Å²) in [6, 6.07) is 9.30. The van der Waals surface area contributed by atoms with E-state index >= 15 is 0 Å². The first-order valence-corrected chi connectivity index (χ1v) is 9.85. The maximum atomic E-state index is 11.6. The van der Waals surface area contributed by atoms with Crippen LogP contribution >= 0.6 is 0 Å². The SMILES string of the molecule is CC(=O)N1CCN(Cc2c(-c3ccc4[nH]c(=O)oc4c3)nc3ccc(N)cn23)CC1. The summed E-state index contributed by atoms with van der Waals surface area (Å²) in [7, 11) is 0. The number of imidazole rings is 1. The number of anilines is 1. The van der Waals surface area contributed by atoms with E-state index in [9.17, 15) is 9.59 Å². The minimum Gasteiger partial charge on any atom is -0.408 e. The number of fused-ring (bicyclic) bond motifs is 2. The van der Waals surface area contributed by atoms with E-state index in [0.717, 1.165) is 35.7 Å². The number of nitrogens with two attached hydrogens (primary N) is 1. The van der Waals surface area contributed by atoms with Crippen LogP contribution in [0.15, 0.2) is 45.7 Å². The zero-order valence-corrected chi connectivity index (χ0v) is 16.6. The molecule has 0 bridgehead atoms. The number of oxazole rings is 1. The Morgan fingerprint density at radius 1 is 1.20 bits per heavy atom. The molecule has 4 aromatic rings. The van der Waals surface area contributed by atoms with Crippen molar-refractivity contribution in [3.05, 3.63) is 52.8 Å². The molecule has 9 nitrogen and oxygen atoms in total. The zero-order valence-electron chi connectivity index (χ0n) is 16.6. The number of pyridine rings is 1. The number of hydrogen-bond donors (Lipinski definition) is 2. The largest absolute Gasteiger partial charge is 0.417 e. The highest BCUT2D eigenvalue weighted by atomic mass is 16.4. The molecule has 1 aliphatic heterocycles. The Balaban J connectivity index is 1.56. The lowest BCUT2D eigenvalue weighted by atomic mass is 10.1. The molecular weight excluding hydrogens is 384 g/mol. The Morgan fingerprint density at radius 2 is 2.00 bits per heavy atom. The molecule has 0 aliphatic carbocycles. The second-order valence-electron chi connectivity index (χ2n) is 7.61. The molecule has 1 aliphatic rings. The van der Waals surface area contributed by atoms with E-state index < -0.39 is 5.76 Å². The summed E-state index contributed by atoms with van der Waals surface area (Å²) in [5, 5.41) is 0. The van der Waals surface area contributed by atoms with Crippen molar-refractivity contribution in [2.24, 2.45) is 0 Å². The van der Waals surface area contributed by atoms with Gasteiger partial charge in [-0.05, 0) is 24.3 Å². The molecule has 154 valence electrons. The lowest BCUT2D eigenvalue weighted by Crippen LogP contribution is -2.47. The Bertz CT molecular complexity index is 1310. The minimum atomic E-state index is -0.478. The first kappa shape index (κ1) is 18.4. The third-order valence-corrected chi connectivity index (χ3v) is 5.63. The monoisotopic (exact) mass is 406 g/mol. The summed E-state index contributed by atoms with van der Waals surface area (Å²) in [6.07, 6.45) is 1.88. The summed E-state index contributed by atoms with van der Waals surface area (Å²) in [4.78, 5) is 34.8. The second kappa shape index (κ2) is 7.03. The minimum absolute atomic E-state index is 0.110. The van der Waals surface area contributed by atoms with Gasteiger partial charge >= 0.3 is 5.76 Å². The number of rotatable bonds is 3. The molecule has 30 heavy (non-hydrogen) atoms. The van der Waals surface area contributed by atoms with E-state index in [-0.39, 0.29) is 5.91 Å². The van der Waals surface area contributed by atoms with Gasteiger partial charge in [0.05, 0.1) is 16.9 Å². The fraction of sp³-hybridized carbons (Fsp3) is 0.286. The maximum Gasteiger partial charge on any atom is 0.417 e. The highest BCUT2D eigenvalue weighted by Crippen LogP contribution is 2.29. The van der Waals surface area contributed by atoms with E-state index in [4.69, 9.17) is 15.1 Å². The fourth-order valence-corrected chi connectivity index (χ4v) is 4.02. The van der Waals surface area contributed by atoms with Gasteiger partial charge in [-0.3, -0.25) is 14.7 Å². The van der Waals surface area contributed by atoms with Crippen LogP contribution in [0.3, 0.4) is 0 Å². The fourth-order valence-electron chi connectivity index (χ4n) is 4.02. The van der Waals surface area contributed by atoms with Gasteiger partial charge in [-0.25, -0.2) is 9.78 Å². The van der Waals surface area contributed by atoms with Gasteiger partial charge in [-0.15, -0.1) is 0 Å². The predicted octanol–water partition coefficient (Wildman–Crippen LogP) is 1.68. The topological polar surface area (TPSA) is 113 Å². The van der Waals surface area contributed by atoms with Crippen molar-refractivity contribution in [2.75, 3.05) is 31.9 Å². The lowest BCUT2D eigenvalue weighted by molar-refractivity contribution is -0.130. The number of nitrogen functional groups attached to an aromatic ring is 1. The highest BCUT2D eigenvalue weighted by Gasteiger charge is 2.22. The normalized spacial score (nSPS) is 15.3. The van der Waals surface area contributed by atoms with Crippen molar-refractivity contribution >= 4 is 28.3 Å².